The van der Waals surface area contributed by atoms with Crippen LogP contribution in [0.15, 0.2) is 28.9 Å². The van der Waals surface area contributed by atoms with Crippen molar-refractivity contribution >= 4 is 16.9 Å². The largest absolute Gasteiger partial charge is 0.507 e. The third kappa shape index (κ3) is 1.12. The fraction of sp³-hybridized carbons (Fsp3) is 0. The maximum atomic E-state index is 10.6. The summed E-state index contributed by atoms with van der Waals surface area (Å²) in [6, 6.07) is 4.30. The van der Waals surface area contributed by atoms with Gasteiger partial charge in [-0.05, 0) is 12.1 Å². The van der Waals surface area contributed by atoms with Crippen molar-refractivity contribution in [1.29, 1.82) is 0 Å². The summed E-state index contributed by atoms with van der Waals surface area (Å²) in [6.07, 6.45) is 1.44. The van der Waals surface area contributed by atoms with Gasteiger partial charge in [0.05, 0.1) is 6.26 Å². The van der Waals surface area contributed by atoms with E-state index in [4.69, 9.17) is 9.52 Å². The molecule has 0 spiro atoms. The lowest BCUT2D eigenvalue weighted by Gasteiger charge is -1.97. The molecule has 4 nitrogen and oxygen atoms in total. The standard InChI is InChI=1S/C9H6O4/c10-7-4-8-5(1-2-13-8)3-6(7)9(11)12/h1-4,10H,(H,11,12). The van der Waals surface area contributed by atoms with Crippen molar-refractivity contribution in [3.8, 4) is 5.75 Å². The zero-order valence-electron chi connectivity index (χ0n) is 6.52. The minimum atomic E-state index is -1.15. The first kappa shape index (κ1) is 7.67. The summed E-state index contributed by atoms with van der Waals surface area (Å²) in [4.78, 5) is 10.6. The number of phenols is 1. The summed E-state index contributed by atoms with van der Waals surface area (Å²) in [7, 11) is 0. The summed E-state index contributed by atoms with van der Waals surface area (Å²) >= 11 is 0. The van der Waals surface area contributed by atoms with E-state index in [9.17, 15) is 9.90 Å². The molecular weight excluding hydrogens is 172 g/mol. The minimum absolute atomic E-state index is 0.117. The van der Waals surface area contributed by atoms with Gasteiger partial charge in [0.2, 0.25) is 0 Å². The van der Waals surface area contributed by atoms with E-state index in [0.717, 1.165) is 0 Å². The fourth-order valence-electron chi connectivity index (χ4n) is 1.17. The van der Waals surface area contributed by atoms with Crippen LogP contribution >= 0.6 is 0 Å². The minimum Gasteiger partial charge on any atom is -0.507 e. The molecule has 66 valence electrons. The molecule has 0 aliphatic carbocycles. The molecule has 0 amide bonds. The van der Waals surface area contributed by atoms with E-state index in [0.29, 0.717) is 11.0 Å². The van der Waals surface area contributed by atoms with Crippen LogP contribution in [0.1, 0.15) is 10.4 Å². The van der Waals surface area contributed by atoms with E-state index in [1.54, 1.807) is 6.07 Å². The van der Waals surface area contributed by atoms with Crippen LogP contribution in [0.3, 0.4) is 0 Å². The number of carboxylic acids is 1. The number of furan rings is 1. The van der Waals surface area contributed by atoms with Crippen molar-refractivity contribution in [2.24, 2.45) is 0 Å². The van der Waals surface area contributed by atoms with Crippen molar-refractivity contribution in [3.05, 3.63) is 30.0 Å². The Labute approximate surface area is 73.0 Å². The number of carbonyl (C=O) groups is 1. The first-order chi connectivity index (χ1) is 6.18. The van der Waals surface area contributed by atoms with E-state index in [1.807, 2.05) is 0 Å². The summed E-state index contributed by atoms with van der Waals surface area (Å²) < 4.78 is 4.98. The number of rotatable bonds is 1. The molecule has 4 heteroatoms. The van der Waals surface area contributed by atoms with Gasteiger partial charge in [-0.3, -0.25) is 0 Å². The Balaban J connectivity index is 2.76. The maximum absolute atomic E-state index is 10.6. The average Bonchev–Trinajstić information content (AvgIpc) is 2.48. The Kier molecular flexibility index (Phi) is 1.48. The van der Waals surface area contributed by atoms with Gasteiger partial charge in [0.15, 0.2) is 0 Å². The predicted octanol–water partition coefficient (Wildman–Crippen LogP) is 1.84. The van der Waals surface area contributed by atoms with Crippen LogP contribution in [-0.4, -0.2) is 16.2 Å². The van der Waals surface area contributed by atoms with Crippen molar-refractivity contribution in [3.63, 3.8) is 0 Å². The number of fused-ring (bicyclic) bond motifs is 1. The quantitative estimate of drug-likeness (QED) is 0.698. The molecule has 0 radical (unpaired) electrons. The molecule has 0 aliphatic rings. The molecule has 2 N–H and O–H groups in total. The smallest absolute Gasteiger partial charge is 0.339 e. The highest BCUT2D eigenvalue weighted by Crippen LogP contribution is 2.25. The Morgan fingerprint density at radius 2 is 2.15 bits per heavy atom. The number of carboxylic acid groups (broad SMARTS) is 1. The third-order valence-corrected chi connectivity index (χ3v) is 1.80. The summed E-state index contributed by atoms with van der Waals surface area (Å²) in [5.74, 6) is -1.43. The van der Waals surface area contributed by atoms with Gasteiger partial charge < -0.3 is 14.6 Å². The van der Waals surface area contributed by atoms with Crippen molar-refractivity contribution in [2.45, 2.75) is 0 Å². The number of benzene rings is 1. The van der Waals surface area contributed by atoms with E-state index in [-0.39, 0.29) is 11.3 Å². The van der Waals surface area contributed by atoms with Gasteiger partial charge in [0.1, 0.15) is 16.9 Å². The number of hydrogen-bond acceptors (Lipinski definition) is 3. The van der Waals surface area contributed by atoms with Gasteiger partial charge in [0.25, 0.3) is 0 Å². The van der Waals surface area contributed by atoms with Gasteiger partial charge in [0, 0.05) is 11.5 Å². The lowest BCUT2D eigenvalue weighted by Crippen LogP contribution is -1.95. The Bertz CT molecular complexity index is 469. The van der Waals surface area contributed by atoms with Gasteiger partial charge in [-0.2, -0.15) is 0 Å². The molecule has 0 unspecified atom stereocenters. The van der Waals surface area contributed by atoms with E-state index >= 15 is 0 Å². The predicted molar refractivity (Wildman–Crippen MR) is 44.8 cm³/mol. The molecule has 0 atom stereocenters. The van der Waals surface area contributed by atoms with Gasteiger partial charge >= 0.3 is 5.97 Å². The summed E-state index contributed by atoms with van der Waals surface area (Å²) in [6.45, 7) is 0. The normalized spacial score (nSPS) is 10.5. The molecule has 0 aliphatic heterocycles. The van der Waals surface area contributed by atoms with E-state index in [2.05, 4.69) is 0 Å². The van der Waals surface area contributed by atoms with Crippen LogP contribution < -0.4 is 0 Å². The van der Waals surface area contributed by atoms with Crippen molar-refractivity contribution in [1.82, 2.24) is 0 Å². The highest BCUT2D eigenvalue weighted by atomic mass is 16.4. The zero-order valence-corrected chi connectivity index (χ0v) is 6.52. The molecule has 0 bridgehead atoms. The molecule has 1 aromatic heterocycles. The monoisotopic (exact) mass is 178 g/mol. The first-order valence-electron chi connectivity index (χ1n) is 3.62. The molecule has 1 heterocycles. The second-order valence-corrected chi connectivity index (χ2v) is 2.63. The molecule has 0 saturated heterocycles. The highest BCUT2D eigenvalue weighted by Gasteiger charge is 2.11. The number of aromatic carboxylic acids is 1. The fourth-order valence-corrected chi connectivity index (χ4v) is 1.17. The van der Waals surface area contributed by atoms with Crippen LogP contribution in [0, 0.1) is 0 Å². The van der Waals surface area contributed by atoms with Crippen molar-refractivity contribution < 1.29 is 19.4 Å². The molecule has 2 rings (SSSR count). The van der Waals surface area contributed by atoms with Crippen LogP contribution in [-0.2, 0) is 0 Å². The van der Waals surface area contributed by atoms with E-state index in [1.165, 1.54) is 18.4 Å². The van der Waals surface area contributed by atoms with Crippen LogP contribution in [0.5, 0.6) is 5.75 Å². The third-order valence-electron chi connectivity index (χ3n) is 1.80. The van der Waals surface area contributed by atoms with E-state index < -0.39 is 5.97 Å². The molecule has 13 heavy (non-hydrogen) atoms. The SMILES string of the molecule is O=C(O)c1cc2ccoc2cc1O. The molecule has 0 fully saturated rings. The second kappa shape index (κ2) is 2.52. The summed E-state index contributed by atoms with van der Waals surface area (Å²) in [5.41, 5.74) is 0.358. The lowest BCUT2D eigenvalue weighted by atomic mass is 10.1. The van der Waals surface area contributed by atoms with Gasteiger partial charge in [-0.25, -0.2) is 4.79 Å². The van der Waals surface area contributed by atoms with Crippen LogP contribution in [0.4, 0.5) is 0 Å². The zero-order chi connectivity index (χ0) is 9.42. The molecule has 0 saturated carbocycles. The number of hydrogen-bond donors (Lipinski definition) is 2. The van der Waals surface area contributed by atoms with Crippen molar-refractivity contribution in [2.75, 3.05) is 0 Å². The second-order valence-electron chi connectivity index (χ2n) is 2.63. The van der Waals surface area contributed by atoms with Crippen LogP contribution in [0.2, 0.25) is 0 Å². The molecular formula is C9H6O4. The molecule has 1 aromatic carbocycles. The van der Waals surface area contributed by atoms with Gasteiger partial charge in [-0.15, -0.1) is 0 Å². The Morgan fingerprint density at radius 3 is 2.85 bits per heavy atom. The Morgan fingerprint density at radius 1 is 1.38 bits per heavy atom. The Hall–Kier alpha value is -1.97. The first-order valence-corrected chi connectivity index (χ1v) is 3.62. The summed E-state index contributed by atoms with van der Waals surface area (Å²) in [5, 5.41) is 18.6. The molecule has 2 aromatic rings. The highest BCUT2D eigenvalue weighted by molar-refractivity contribution is 5.96. The lowest BCUT2D eigenvalue weighted by molar-refractivity contribution is 0.0694. The maximum Gasteiger partial charge on any atom is 0.339 e. The topological polar surface area (TPSA) is 70.7 Å². The van der Waals surface area contributed by atoms with Crippen LogP contribution in [0.25, 0.3) is 11.0 Å². The number of aromatic hydroxyl groups is 1. The van der Waals surface area contributed by atoms with Gasteiger partial charge in [-0.1, -0.05) is 0 Å². The average molecular weight is 178 g/mol.